The van der Waals surface area contributed by atoms with Crippen LogP contribution in [0.25, 0.3) is 10.8 Å². The van der Waals surface area contributed by atoms with Crippen molar-refractivity contribution in [1.82, 2.24) is 0 Å². The number of hydrogen-bond donors (Lipinski definition) is 0. The number of unbranched alkanes of at least 4 members (excludes halogenated alkanes) is 8. The molecule has 0 aliphatic rings. The van der Waals surface area contributed by atoms with E-state index < -0.39 is 10.1 Å². The third-order valence-corrected chi connectivity index (χ3v) is 5.65. The molecule has 0 amide bonds. The van der Waals surface area contributed by atoms with Crippen LogP contribution in [0.4, 0.5) is 0 Å². The van der Waals surface area contributed by atoms with Crippen LogP contribution in [0.15, 0.2) is 41.3 Å². The summed E-state index contributed by atoms with van der Waals surface area (Å²) < 4.78 is 34.7. The van der Waals surface area contributed by atoms with Gasteiger partial charge >= 0.3 is 51.4 Å². The first-order chi connectivity index (χ1) is 12.0. The fraction of sp³-hybridized carbons (Fsp3) is 0.524. The molecule has 2 aromatic rings. The Labute approximate surface area is 201 Å². The SMILES string of the molecule is CCCCCCCCCCCc1cccc2cccc(S(=O)(=O)[O-])c12.[K+]. The zero-order chi connectivity index (χ0) is 18.1. The molecule has 0 aliphatic heterocycles. The number of hydrogen-bond acceptors (Lipinski definition) is 3. The van der Waals surface area contributed by atoms with Crippen molar-refractivity contribution in [1.29, 1.82) is 0 Å². The van der Waals surface area contributed by atoms with Crippen molar-refractivity contribution in [2.75, 3.05) is 0 Å². The summed E-state index contributed by atoms with van der Waals surface area (Å²) in [6, 6.07) is 10.7. The van der Waals surface area contributed by atoms with E-state index in [1.54, 1.807) is 6.07 Å². The molecule has 0 heterocycles. The zero-order valence-electron chi connectivity index (χ0n) is 16.2. The minimum atomic E-state index is -4.45. The minimum absolute atomic E-state index is 0. The van der Waals surface area contributed by atoms with Gasteiger partial charge in [0.25, 0.3) is 0 Å². The van der Waals surface area contributed by atoms with E-state index in [1.165, 1.54) is 51.0 Å². The first-order valence-corrected chi connectivity index (χ1v) is 10.9. The molecule has 3 nitrogen and oxygen atoms in total. The molecule has 0 spiro atoms. The molecule has 26 heavy (non-hydrogen) atoms. The molecule has 0 radical (unpaired) electrons. The van der Waals surface area contributed by atoms with E-state index in [1.807, 2.05) is 24.3 Å². The number of rotatable bonds is 11. The second-order valence-corrected chi connectivity index (χ2v) is 8.15. The van der Waals surface area contributed by atoms with Crippen LogP contribution in [-0.2, 0) is 16.5 Å². The monoisotopic (exact) mass is 400 g/mol. The van der Waals surface area contributed by atoms with E-state index in [-0.39, 0.29) is 56.3 Å². The Kier molecular flexibility index (Phi) is 11.8. The van der Waals surface area contributed by atoms with E-state index in [2.05, 4.69) is 6.92 Å². The molecule has 0 N–H and O–H groups in total. The second kappa shape index (κ2) is 12.7. The largest absolute Gasteiger partial charge is 1.00 e. The number of fused-ring (bicyclic) bond motifs is 1. The summed E-state index contributed by atoms with van der Waals surface area (Å²) in [6.07, 6.45) is 12.1. The van der Waals surface area contributed by atoms with Crippen LogP contribution in [-0.4, -0.2) is 13.0 Å². The third kappa shape index (κ3) is 7.70. The second-order valence-electron chi connectivity index (χ2n) is 6.80. The molecule has 5 heteroatoms. The third-order valence-electron chi connectivity index (χ3n) is 4.77. The summed E-state index contributed by atoms with van der Waals surface area (Å²) in [7, 11) is -4.45. The summed E-state index contributed by atoms with van der Waals surface area (Å²) in [5.41, 5.74) is 0.968. The first-order valence-electron chi connectivity index (χ1n) is 9.50. The van der Waals surface area contributed by atoms with E-state index in [4.69, 9.17) is 0 Å². The Hall–Kier alpha value is 0.246. The van der Waals surface area contributed by atoms with Crippen LogP contribution in [0.3, 0.4) is 0 Å². The summed E-state index contributed by atoms with van der Waals surface area (Å²) in [6.45, 7) is 2.23. The molecule has 0 aromatic heterocycles. The molecular formula is C21H29KO3S. The van der Waals surface area contributed by atoms with Crippen molar-refractivity contribution in [3.63, 3.8) is 0 Å². The van der Waals surface area contributed by atoms with Gasteiger partial charge in [0.2, 0.25) is 0 Å². The molecule has 0 aliphatic carbocycles. The van der Waals surface area contributed by atoms with Crippen molar-refractivity contribution >= 4 is 20.9 Å². The van der Waals surface area contributed by atoms with Gasteiger partial charge in [-0.2, -0.15) is 0 Å². The normalized spacial score (nSPS) is 11.5. The van der Waals surface area contributed by atoms with Crippen LogP contribution >= 0.6 is 0 Å². The molecule has 0 bridgehead atoms. The fourth-order valence-electron chi connectivity index (χ4n) is 3.42. The average Bonchev–Trinajstić information content (AvgIpc) is 2.59. The van der Waals surface area contributed by atoms with Gasteiger partial charge in [0.05, 0.1) is 4.90 Å². The van der Waals surface area contributed by atoms with Gasteiger partial charge in [-0.1, -0.05) is 88.6 Å². The molecule has 0 atom stereocenters. The Morgan fingerprint density at radius 1 is 0.808 bits per heavy atom. The van der Waals surface area contributed by atoms with Crippen LogP contribution < -0.4 is 51.4 Å². The smallest absolute Gasteiger partial charge is 0.744 e. The summed E-state index contributed by atoms with van der Waals surface area (Å²) in [5, 5.41) is 1.44. The molecule has 0 saturated heterocycles. The zero-order valence-corrected chi connectivity index (χ0v) is 20.1. The van der Waals surface area contributed by atoms with Crippen LogP contribution in [0, 0.1) is 0 Å². The standard InChI is InChI=1S/C21H30O3S.K/c1-2-3-4-5-6-7-8-9-10-13-18-14-11-15-19-16-12-17-20(21(18)19)25(22,23)24;/h11-12,14-17H,2-10,13H2,1H3,(H,22,23,24);/q;+1/p-1. The van der Waals surface area contributed by atoms with Crippen molar-refractivity contribution in [3.05, 3.63) is 42.0 Å². The van der Waals surface area contributed by atoms with Gasteiger partial charge < -0.3 is 4.55 Å². The predicted octanol–water partition coefficient (Wildman–Crippen LogP) is 2.82. The summed E-state index contributed by atoms with van der Waals surface area (Å²) in [4.78, 5) is -0.0866. The van der Waals surface area contributed by atoms with Crippen LogP contribution in [0.5, 0.6) is 0 Å². The molecular weight excluding hydrogens is 371 g/mol. The van der Waals surface area contributed by atoms with Gasteiger partial charge in [-0.3, -0.25) is 0 Å². The van der Waals surface area contributed by atoms with Crippen molar-refractivity contribution in [3.8, 4) is 0 Å². The van der Waals surface area contributed by atoms with Crippen LogP contribution in [0.1, 0.15) is 70.3 Å². The van der Waals surface area contributed by atoms with Gasteiger partial charge in [0, 0.05) is 5.39 Å². The van der Waals surface area contributed by atoms with E-state index in [9.17, 15) is 13.0 Å². The Balaban J connectivity index is 0.00000338. The molecule has 138 valence electrons. The van der Waals surface area contributed by atoms with Gasteiger partial charge in [-0.15, -0.1) is 0 Å². The topological polar surface area (TPSA) is 57.2 Å². The van der Waals surface area contributed by atoms with Crippen molar-refractivity contribution < 1.29 is 64.4 Å². The van der Waals surface area contributed by atoms with Gasteiger partial charge in [0.15, 0.2) is 0 Å². The Morgan fingerprint density at radius 3 is 1.92 bits per heavy atom. The fourth-order valence-corrected chi connectivity index (χ4v) is 4.17. The maximum absolute atomic E-state index is 11.6. The summed E-state index contributed by atoms with van der Waals surface area (Å²) >= 11 is 0. The maximum atomic E-state index is 11.6. The Bertz CT molecular complexity index is 767. The predicted molar refractivity (Wildman–Crippen MR) is 103 cm³/mol. The molecule has 2 aromatic carbocycles. The molecule has 0 unspecified atom stereocenters. The quantitative estimate of drug-likeness (QED) is 0.331. The molecule has 0 saturated carbocycles. The van der Waals surface area contributed by atoms with E-state index in [0.717, 1.165) is 30.2 Å². The van der Waals surface area contributed by atoms with Gasteiger partial charge in [0.1, 0.15) is 10.1 Å². The number of aryl methyl sites for hydroxylation is 1. The first kappa shape index (κ1) is 24.3. The van der Waals surface area contributed by atoms with Crippen molar-refractivity contribution in [2.45, 2.75) is 76.0 Å². The van der Waals surface area contributed by atoms with E-state index >= 15 is 0 Å². The Morgan fingerprint density at radius 2 is 1.35 bits per heavy atom. The maximum Gasteiger partial charge on any atom is 1.00 e. The minimum Gasteiger partial charge on any atom is -0.744 e. The number of benzene rings is 2. The molecule has 2 rings (SSSR count). The van der Waals surface area contributed by atoms with Crippen molar-refractivity contribution in [2.24, 2.45) is 0 Å². The van der Waals surface area contributed by atoms with Gasteiger partial charge in [-0.05, 0) is 29.9 Å². The molecule has 0 fully saturated rings. The summed E-state index contributed by atoms with van der Waals surface area (Å²) in [5.74, 6) is 0. The average molecular weight is 401 g/mol. The van der Waals surface area contributed by atoms with E-state index in [0.29, 0.717) is 5.39 Å². The van der Waals surface area contributed by atoms with Crippen LogP contribution in [0.2, 0.25) is 0 Å². The van der Waals surface area contributed by atoms with Gasteiger partial charge in [-0.25, -0.2) is 8.42 Å².